The molecule has 2 atom stereocenters. The van der Waals surface area contributed by atoms with E-state index in [1.165, 1.54) is 6.07 Å². The molecule has 98 valence electrons. The number of hydrogen-bond acceptors (Lipinski definition) is 4. The van der Waals surface area contributed by atoms with Gasteiger partial charge in [0.15, 0.2) is 5.75 Å². The second-order valence-corrected chi connectivity index (χ2v) is 4.58. The Hall–Kier alpha value is -1.69. The van der Waals surface area contributed by atoms with Crippen LogP contribution in [0.15, 0.2) is 12.1 Å². The van der Waals surface area contributed by atoms with Crippen molar-refractivity contribution in [2.75, 3.05) is 0 Å². The lowest BCUT2D eigenvalue weighted by Crippen LogP contribution is -2.33. The molecule has 1 aliphatic rings. The molecule has 2 rings (SSSR count). The van der Waals surface area contributed by atoms with E-state index >= 15 is 0 Å². The second kappa shape index (κ2) is 4.89. The van der Waals surface area contributed by atoms with Crippen molar-refractivity contribution >= 4 is 5.69 Å². The standard InChI is InChI=1S/C12H15FN2O3/c1-7-5-12(10(15(16)17)6-8(7)13)18-11-4-2-3-9(11)14/h5-6,9,11H,2-4,14H2,1H3. The minimum absolute atomic E-state index is 0.0984. The molecule has 2 N–H and O–H groups in total. The molecule has 0 aromatic heterocycles. The third kappa shape index (κ3) is 2.43. The zero-order valence-electron chi connectivity index (χ0n) is 10.1. The van der Waals surface area contributed by atoms with Crippen molar-refractivity contribution < 1.29 is 14.1 Å². The van der Waals surface area contributed by atoms with Gasteiger partial charge in [-0.25, -0.2) is 4.39 Å². The fourth-order valence-corrected chi connectivity index (χ4v) is 2.15. The van der Waals surface area contributed by atoms with Gasteiger partial charge in [0, 0.05) is 6.04 Å². The molecule has 0 aliphatic heterocycles. The van der Waals surface area contributed by atoms with Crippen molar-refractivity contribution in [1.29, 1.82) is 0 Å². The largest absolute Gasteiger partial charge is 0.482 e. The van der Waals surface area contributed by atoms with E-state index in [-0.39, 0.29) is 23.6 Å². The van der Waals surface area contributed by atoms with Crippen molar-refractivity contribution in [2.45, 2.75) is 38.3 Å². The van der Waals surface area contributed by atoms with Crippen LogP contribution in [0.2, 0.25) is 0 Å². The van der Waals surface area contributed by atoms with Gasteiger partial charge in [0.1, 0.15) is 11.9 Å². The van der Waals surface area contributed by atoms with E-state index < -0.39 is 10.7 Å². The fourth-order valence-electron chi connectivity index (χ4n) is 2.15. The van der Waals surface area contributed by atoms with Crippen LogP contribution in [0, 0.1) is 22.9 Å². The minimum Gasteiger partial charge on any atom is -0.482 e. The summed E-state index contributed by atoms with van der Waals surface area (Å²) < 4.78 is 18.9. The number of hydrogen-bond donors (Lipinski definition) is 1. The first-order chi connectivity index (χ1) is 8.49. The van der Waals surface area contributed by atoms with Crippen LogP contribution in [0.1, 0.15) is 24.8 Å². The summed E-state index contributed by atoms with van der Waals surface area (Å²) in [6.07, 6.45) is 2.33. The molecule has 1 saturated carbocycles. The normalized spacial score (nSPS) is 23.1. The lowest BCUT2D eigenvalue weighted by Gasteiger charge is -2.18. The number of ether oxygens (including phenoxy) is 1. The Morgan fingerprint density at radius 1 is 1.50 bits per heavy atom. The molecule has 0 spiro atoms. The summed E-state index contributed by atoms with van der Waals surface area (Å²) in [5.41, 5.74) is 5.82. The average Bonchev–Trinajstić information content (AvgIpc) is 2.69. The summed E-state index contributed by atoms with van der Waals surface area (Å²) in [7, 11) is 0. The average molecular weight is 254 g/mol. The Morgan fingerprint density at radius 2 is 2.22 bits per heavy atom. The van der Waals surface area contributed by atoms with Gasteiger partial charge in [-0.3, -0.25) is 10.1 Å². The van der Waals surface area contributed by atoms with Gasteiger partial charge in [0.2, 0.25) is 0 Å². The third-order valence-electron chi connectivity index (χ3n) is 3.22. The number of nitrogens with zero attached hydrogens (tertiary/aromatic N) is 1. The first-order valence-corrected chi connectivity index (χ1v) is 5.86. The molecule has 0 heterocycles. The molecular weight excluding hydrogens is 239 g/mol. The van der Waals surface area contributed by atoms with Gasteiger partial charge in [0.25, 0.3) is 0 Å². The number of rotatable bonds is 3. The maximum atomic E-state index is 13.3. The van der Waals surface area contributed by atoms with E-state index in [0.29, 0.717) is 5.56 Å². The number of benzene rings is 1. The molecule has 1 aliphatic carbocycles. The molecule has 1 fully saturated rings. The highest BCUT2D eigenvalue weighted by molar-refractivity contribution is 5.49. The molecule has 0 amide bonds. The molecule has 5 nitrogen and oxygen atoms in total. The molecule has 0 radical (unpaired) electrons. The first-order valence-electron chi connectivity index (χ1n) is 5.86. The maximum Gasteiger partial charge on any atom is 0.313 e. The maximum absolute atomic E-state index is 13.3. The van der Waals surface area contributed by atoms with Crippen molar-refractivity contribution in [3.63, 3.8) is 0 Å². The van der Waals surface area contributed by atoms with Crippen LogP contribution in [0.3, 0.4) is 0 Å². The Bertz CT molecular complexity index is 479. The van der Waals surface area contributed by atoms with Crippen molar-refractivity contribution in [1.82, 2.24) is 0 Å². The van der Waals surface area contributed by atoms with Crippen molar-refractivity contribution in [3.05, 3.63) is 33.6 Å². The number of nitrogens with two attached hydrogens (primary N) is 1. The van der Waals surface area contributed by atoms with Crippen LogP contribution in [0.25, 0.3) is 0 Å². The third-order valence-corrected chi connectivity index (χ3v) is 3.22. The molecule has 0 saturated heterocycles. The number of aryl methyl sites for hydroxylation is 1. The molecule has 0 bridgehead atoms. The Labute approximate surface area is 104 Å². The zero-order chi connectivity index (χ0) is 13.3. The van der Waals surface area contributed by atoms with Gasteiger partial charge >= 0.3 is 5.69 Å². The highest BCUT2D eigenvalue weighted by Gasteiger charge is 2.28. The summed E-state index contributed by atoms with van der Waals surface area (Å²) >= 11 is 0. The molecule has 18 heavy (non-hydrogen) atoms. The van der Waals surface area contributed by atoms with Crippen LogP contribution in [0.4, 0.5) is 10.1 Å². The molecule has 2 unspecified atom stereocenters. The van der Waals surface area contributed by atoms with Crippen LogP contribution in [-0.2, 0) is 0 Å². The van der Waals surface area contributed by atoms with E-state index in [4.69, 9.17) is 10.5 Å². The Balaban J connectivity index is 2.30. The van der Waals surface area contributed by atoms with Crippen molar-refractivity contribution in [3.8, 4) is 5.75 Å². The van der Waals surface area contributed by atoms with E-state index in [1.807, 2.05) is 0 Å². The molecule has 1 aromatic carbocycles. The lowest BCUT2D eigenvalue weighted by atomic mass is 10.2. The Kier molecular flexibility index (Phi) is 3.47. The molecule has 6 heteroatoms. The van der Waals surface area contributed by atoms with Gasteiger partial charge in [-0.1, -0.05) is 0 Å². The topological polar surface area (TPSA) is 78.4 Å². The highest BCUT2D eigenvalue weighted by atomic mass is 19.1. The van der Waals surface area contributed by atoms with E-state index in [0.717, 1.165) is 25.3 Å². The van der Waals surface area contributed by atoms with Gasteiger partial charge in [-0.05, 0) is 37.8 Å². The predicted octanol–water partition coefficient (Wildman–Crippen LogP) is 2.30. The van der Waals surface area contributed by atoms with Gasteiger partial charge in [0.05, 0.1) is 11.0 Å². The number of nitro benzene ring substituents is 1. The number of nitro groups is 1. The van der Waals surface area contributed by atoms with Gasteiger partial charge < -0.3 is 10.5 Å². The van der Waals surface area contributed by atoms with E-state index in [2.05, 4.69) is 0 Å². The summed E-state index contributed by atoms with van der Waals surface area (Å²) in [5, 5.41) is 10.9. The summed E-state index contributed by atoms with van der Waals surface area (Å²) in [6, 6.07) is 2.14. The Morgan fingerprint density at radius 3 is 2.78 bits per heavy atom. The smallest absolute Gasteiger partial charge is 0.313 e. The SMILES string of the molecule is Cc1cc(OC2CCCC2N)c([N+](=O)[O-])cc1F. The van der Waals surface area contributed by atoms with Crippen molar-refractivity contribution in [2.24, 2.45) is 5.73 Å². The highest BCUT2D eigenvalue weighted by Crippen LogP contribution is 2.33. The van der Waals surface area contributed by atoms with Gasteiger partial charge in [-0.15, -0.1) is 0 Å². The fraction of sp³-hybridized carbons (Fsp3) is 0.500. The lowest BCUT2D eigenvalue weighted by molar-refractivity contribution is -0.386. The minimum atomic E-state index is -0.641. The van der Waals surface area contributed by atoms with Crippen LogP contribution in [0.5, 0.6) is 5.75 Å². The molecule has 1 aromatic rings. The first kappa shape index (κ1) is 12.8. The van der Waals surface area contributed by atoms with E-state index in [1.54, 1.807) is 6.92 Å². The van der Waals surface area contributed by atoms with Crippen LogP contribution in [-0.4, -0.2) is 17.1 Å². The van der Waals surface area contributed by atoms with Crippen LogP contribution >= 0.6 is 0 Å². The van der Waals surface area contributed by atoms with Crippen LogP contribution < -0.4 is 10.5 Å². The summed E-state index contributed by atoms with van der Waals surface area (Å²) in [4.78, 5) is 10.2. The quantitative estimate of drug-likeness (QED) is 0.663. The summed E-state index contributed by atoms with van der Waals surface area (Å²) in [6.45, 7) is 1.54. The molecular formula is C12H15FN2O3. The van der Waals surface area contributed by atoms with Gasteiger partial charge in [-0.2, -0.15) is 0 Å². The van der Waals surface area contributed by atoms with E-state index in [9.17, 15) is 14.5 Å². The second-order valence-electron chi connectivity index (χ2n) is 4.58. The monoisotopic (exact) mass is 254 g/mol. The number of halogens is 1. The zero-order valence-corrected chi connectivity index (χ0v) is 10.1. The predicted molar refractivity (Wildman–Crippen MR) is 64.0 cm³/mol. The summed E-state index contributed by atoms with van der Waals surface area (Å²) in [5.74, 6) is -0.508.